The Morgan fingerprint density at radius 3 is 2.45 bits per heavy atom. The van der Waals surface area contributed by atoms with E-state index in [1.807, 2.05) is 36.4 Å². The fourth-order valence-corrected chi connectivity index (χ4v) is 2.42. The largest absolute Gasteiger partial charge is 0.477 e. The van der Waals surface area contributed by atoms with Crippen molar-refractivity contribution in [1.82, 2.24) is 4.98 Å². The number of fused-ring (bicyclic) bond motifs is 1. The van der Waals surface area contributed by atoms with Gasteiger partial charge in [0.05, 0.1) is 5.52 Å². The molecule has 0 saturated carbocycles. The Hall–Kier alpha value is -2.39. The van der Waals surface area contributed by atoms with Crippen LogP contribution in [0.2, 0.25) is 5.02 Å². The smallest absolute Gasteiger partial charge is 0.354 e. The number of aromatic carboxylic acids is 1. The summed E-state index contributed by atoms with van der Waals surface area (Å²) in [5, 5.41) is 10.7. The molecule has 0 aliphatic heterocycles. The van der Waals surface area contributed by atoms with Gasteiger partial charge in [0.2, 0.25) is 0 Å². The quantitative estimate of drug-likeness (QED) is 0.765. The van der Waals surface area contributed by atoms with Crippen LogP contribution in [0.25, 0.3) is 22.0 Å². The molecule has 0 atom stereocenters. The molecular formula is C16H10ClNO2. The number of nitrogens with zero attached hydrogens (tertiary/aromatic N) is 1. The number of carbonyl (C=O) groups is 1. The van der Waals surface area contributed by atoms with Gasteiger partial charge in [-0.15, -0.1) is 0 Å². The van der Waals surface area contributed by atoms with E-state index in [1.165, 1.54) is 0 Å². The highest BCUT2D eigenvalue weighted by atomic mass is 35.5. The van der Waals surface area contributed by atoms with Crippen LogP contribution in [0.1, 0.15) is 10.5 Å². The van der Waals surface area contributed by atoms with Crippen molar-refractivity contribution in [2.24, 2.45) is 0 Å². The molecule has 0 fully saturated rings. The molecule has 3 nitrogen and oxygen atoms in total. The number of halogens is 1. The monoisotopic (exact) mass is 283 g/mol. The second kappa shape index (κ2) is 4.94. The summed E-state index contributed by atoms with van der Waals surface area (Å²) in [6.45, 7) is 0. The molecule has 3 aromatic rings. The first-order chi connectivity index (χ1) is 9.66. The van der Waals surface area contributed by atoms with E-state index in [9.17, 15) is 9.90 Å². The first kappa shape index (κ1) is 12.6. The standard InChI is InChI=1S/C16H10ClNO2/c17-13-7-3-1-5-10(13)12-9-15(16(19)20)18-14-8-4-2-6-11(12)14/h1-9H,(H,19,20). The van der Waals surface area contributed by atoms with Crippen molar-refractivity contribution >= 4 is 28.5 Å². The summed E-state index contributed by atoms with van der Waals surface area (Å²) in [5.74, 6) is -1.05. The van der Waals surface area contributed by atoms with E-state index in [0.717, 1.165) is 16.5 Å². The number of pyridine rings is 1. The number of aromatic nitrogens is 1. The summed E-state index contributed by atoms with van der Waals surface area (Å²) < 4.78 is 0. The Balaban J connectivity index is 2.39. The zero-order valence-electron chi connectivity index (χ0n) is 10.4. The van der Waals surface area contributed by atoms with E-state index in [0.29, 0.717) is 10.5 Å². The molecular weight excluding hydrogens is 274 g/mol. The molecule has 0 saturated heterocycles. The van der Waals surface area contributed by atoms with Crippen molar-refractivity contribution in [3.8, 4) is 11.1 Å². The van der Waals surface area contributed by atoms with Crippen molar-refractivity contribution in [3.63, 3.8) is 0 Å². The molecule has 0 spiro atoms. The van der Waals surface area contributed by atoms with Gasteiger partial charge in [-0.3, -0.25) is 0 Å². The third-order valence-corrected chi connectivity index (χ3v) is 3.43. The van der Waals surface area contributed by atoms with Crippen LogP contribution < -0.4 is 0 Å². The molecule has 1 N–H and O–H groups in total. The number of para-hydroxylation sites is 1. The number of rotatable bonds is 2. The Bertz CT molecular complexity index is 814. The lowest BCUT2D eigenvalue weighted by atomic mass is 10.00. The molecule has 3 rings (SSSR count). The SMILES string of the molecule is O=C(O)c1cc(-c2ccccc2Cl)c2ccccc2n1. The van der Waals surface area contributed by atoms with E-state index < -0.39 is 5.97 Å². The van der Waals surface area contributed by atoms with Crippen LogP contribution >= 0.6 is 11.6 Å². The maximum absolute atomic E-state index is 11.2. The molecule has 0 amide bonds. The van der Waals surface area contributed by atoms with E-state index in [-0.39, 0.29) is 5.69 Å². The average Bonchev–Trinajstić information content (AvgIpc) is 2.46. The van der Waals surface area contributed by atoms with Gasteiger partial charge in [-0.1, -0.05) is 48.0 Å². The fourth-order valence-electron chi connectivity index (χ4n) is 2.19. The number of hydrogen-bond donors (Lipinski definition) is 1. The first-order valence-electron chi connectivity index (χ1n) is 6.05. The molecule has 0 radical (unpaired) electrons. The van der Waals surface area contributed by atoms with Gasteiger partial charge in [0.15, 0.2) is 0 Å². The van der Waals surface area contributed by atoms with Gasteiger partial charge in [-0.25, -0.2) is 9.78 Å². The summed E-state index contributed by atoms with van der Waals surface area (Å²) in [4.78, 5) is 15.4. The van der Waals surface area contributed by atoms with Crippen molar-refractivity contribution in [3.05, 3.63) is 65.3 Å². The highest BCUT2D eigenvalue weighted by molar-refractivity contribution is 6.33. The molecule has 0 aliphatic rings. The third kappa shape index (κ3) is 2.12. The van der Waals surface area contributed by atoms with Crippen LogP contribution in [-0.4, -0.2) is 16.1 Å². The minimum Gasteiger partial charge on any atom is -0.477 e. The summed E-state index contributed by atoms with van der Waals surface area (Å²) in [5.41, 5.74) is 2.23. The second-order valence-electron chi connectivity index (χ2n) is 4.36. The fraction of sp³-hybridized carbons (Fsp3) is 0. The van der Waals surface area contributed by atoms with Crippen LogP contribution in [0.4, 0.5) is 0 Å². The van der Waals surface area contributed by atoms with Gasteiger partial charge >= 0.3 is 5.97 Å². The molecule has 1 heterocycles. The molecule has 98 valence electrons. The van der Waals surface area contributed by atoms with Crippen LogP contribution in [0.3, 0.4) is 0 Å². The second-order valence-corrected chi connectivity index (χ2v) is 4.76. The van der Waals surface area contributed by atoms with Crippen molar-refractivity contribution < 1.29 is 9.90 Å². The summed E-state index contributed by atoms with van der Waals surface area (Å²) >= 11 is 6.22. The van der Waals surface area contributed by atoms with Crippen LogP contribution in [0.5, 0.6) is 0 Å². The zero-order chi connectivity index (χ0) is 14.1. The Labute approximate surface area is 120 Å². The Kier molecular flexibility index (Phi) is 3.12. The van der Waals surface area contributed by atoms with Crippen LogP contribution in [0.15, 0.2) is 54.6 Å². The van der Waals surface area contributed by atoms with E-state index >= 15 is 0 Å². The molecule has 20 heavy (non-hydrogen) atoms. The lowest BCUT2D eigenvalue weighted by Gasteiger charge is -2.09. The number of hydrogen-bond acceptors (Lipinski definition) is 2. The first-order valence-corrected chi connectivity index (χ1v) is 6.42. The minimum atomic E-state index is -1.05. The van der Waals surface area contributed by atoms with Gasteiger partial charge in [-0.2, -0.15) is 0 Å². The normalized spacial score (nSPS) is 10.7. The van der Waals surface area contributed by atoms with E-state index in [1.54, 1.807) is 18.2 Å². The molecule has 0 bridgehead atoms. The van der Waals surface area contributed by atoms with Crippen LogP contribution in [0, 0.1) is 0 Å². The van der Waals surface area contributed by atoms with Gasteiger partial charge < -0.3 is 5.11 Å². The van der Waals surface area contributed by atoms with Crippen molar-refractivity contribution in [2.45, 2.75) is 0 Å². The highest BCUT2D eigenvalue weighted by Crippen LogP contribution is 2.33. The average molecular weight is 284 g/mol. The highest BCUT2D eigenvalue weighted by Gasteiger charge is 2.13. The molecule has 0 unspecified atom stereocenters. The molecule has 2 aromatic carbocycles. The Morgan fingerprint density at radius 1 is 1.00 bits per heavy atom. The summed E-state index contributed by atoms with van der Waals surface area (Å²) in [7, 11) is 0. The predicted molar refractivity (Wildman–Crippen MR) is 79.1 cm³/mol. The Morgan fingerprint density at radius 2 is 1.70 bits per heavy atom. The van der Waals surface area contributed by atoms with E-state index in [4.69, 9.17) is 11.6 Å². The lowest BCUT2D eigenvalue weighted by molar-refractivity contribution is 0.0691. The number of carboxylic acid groups (broad SMARTS) is 1. The summed E-state index contributed by atoms with van der Waals surface area (Å²) in [6.07, 6.45) is 0. The topological polar surface area (TPSA) is 50.2 Å². The van der Waals surface area contributed by atoms with Gasteiger partial charge in [0.1, 0.15) is 5.69 Å². The van der Waals surface area contributed by atoms with E-state index in [2.05, 4.69) is 4.98 Å². The van der Waals surface area contributed by atoms with Crippen molar-refractivity contribution in [1.29, 1.82) is 0 Å². The van der Waals surface area contributed by atoms with Gasteiger partial charge in [0, 0.05) is 16.0 Å². The van der Waals surface area contributed by atoms with Crippen molar-refractivity contribution in [2.75, 3.05) is 0 Å². The zero-order valence-corrected chi connectivity index (χ0v) is 11.1. The van der Waals surface area contributed by atoms with Gasteiger partial charge in [0.25, 0.3) is 0 Å². The van der Waals surface area contributed by atoms with Crippen LogP contribution in [-0.2, 0) is 0 Å². The molecule has 0 aliphatic carbocycles. The number of carboxylic acids is 1. The summed E-state index contributed by atoms with van der Waals surface area (Å²) in [6, 6.07) is 16.4. The predicted octanol–water partition coefficient (Wildman–Crippen LogP) is 4.25. The van der Waals surface area contributed by atoms with Gasteiger partial charge in [-0.05, 0) is 23.8 Å². The molecule has 4 heteroatoms. The maximum Gasteiger partial charge on any atom is 0.354 e. The number of benzene rings is 2. The minimum absolute atomic E-state index is 0.0126. The third-order valence-electron chi connectivity index (χ3n) is 3.10. The molecule has 1 aromatic heterocycles. The lowest BCUT2D eigenvalue weighted by Crippen LogP contribution is -2.01. The maximum atomic E-state index is 11.2.